The van der Waals surface area contributed by atoms with Crippen LogP contribution in [0, 0.1) is 0 Å². The number of nitrogens with one attached hydrogen (secondary N) is 1. The first-order valence-electron chi connectivity index (χ1n) is 8.26. The van der Waals surface area contributed by atoms with E-state index in [0.717, 1.165) is 29.5 Å². The Hall–Kier alpha value is -2.64. The summed E-state index contributed by atoms with van der Waals surface area (Å²) in [7, 11) is 0. The van der Waals surface area contributed by atoms with E-state index in [0.29, 0.717) is 25.5 Å². The summed E-state index contributed by atoms with van der Waals surface area (Å²) in [6, 6.07) is 7.71. The molecule has 2 aromatic heterocycles. The fraction of sp³-hybridized carbons (Fsp3) is 0.333. The zero-order valence-electron chi connectivity index (χ0n) is 13.6. The maximum Gasteiger partial charge on any atom is 0.273 e. The van der Waals surface area contributed by atoms with Crippen LogP contribution in [0.25, 0.3) is 11.0 Å². The maximum absolute atomic E-state index is 12.2. The number of carbonyl (C=O) groups is 1. The van der Waals surface area contributed by atoms with Gasteiger partial charge in [-0.2, -0.15) is 0 Å². The molecular weight excluding hydrogens is 322 g/mol. The molecule has 25 heavy (non-hydrogen) atoms. The molecule has 1 fully saturated rings. The van der Waals surface area contributed by atoms with Crippen molar-refractivity contribution < 1.29 is 18.7 Å². The molecule has 7 heteroatoms. The zero-order chi connectivity index (χ0) is 17.2. The van der Waals surface area contributed by atoms with Gasteiger partial charge >= 0.3 is 0 Å². The van der Waals surface area contributed by atoms with Crippen LogP contribution in [-0.4, -0.2) is 40.1 Å². The number of benzene rings is 1. The quantitative estimate of drug-likeness (QED) is 0.737. The summed E-state index contributed by atoms with van der Waals surface area (Å²) in [4.78, 5) is 18.5. The summed E-state index contributed by atoms with van der Waals surface area (Å²) >= 11 is 0. The number of rotatable bonds is 5. The number of β-amino-alcohol motifs (C(OH)–C–C–N with tert-alkyl or cyclic N) is 1. The van der Waals surface area contributed by atoms with E-state index in [1.54, 1.807) is 6.26 Å². The van der Waals surface area contributed by atoms with Crippen molar-refractivity contribution in [3.05, 3.63) is 53.9 Å². The summed E-state index contributed by atoms with van der Waals surface area (Å²) in [5.74, 6) is 0.201. The normalized spacial score (nSPS) is 18.0. The smallest absolute Gasteiger partial charge is 0.273 e. The topological polar surface area (TPSA) is 91.7 Å². The number of carbonyl (C=O) groups excluding carboxylic acids is 1. The molecular formula is C18H19N3O4. The standard InChI is InChI=1S/C18H19N3O4/c22-14-3-5-21(9-14)10-17-20-15(11-25-17)18(23)19-8-12-1-2-13-4-6-24-16(13)7-12/h1-2,4,6-7,11,14,22H,3,5,8-10H2,(H,19,23)/t14-/m0/s1. The van der Waals surface area contributed by atoms with Gasteiger partial charge < -0.3 is 19.3 Å². The van der Waals surface area contributed by atoms with Crippen LogP contribution in [-0.2, 0) is 13.1 Å². The molecule has 2 N–H and O–H groups in total. The number of aliphatic hydroxyl groups is 1. The Bertz CT molecular complexity index is 885. The van der Waals surface area contributed by atoms with E-state index in [9.17, 15) is 9.90 Å². The predicted octanol–water partition coefficient (Wildman–Crippen LogP) is 1.92. The Morgan fingerprint density at radius 3 is 3.12 bits per heavy atom. The molecule has 0 spiro atoms. The van der Waals surface area contributed by atoms with Gasteiger partial charge in [0, 0.05) is 25.0 Å². The molecule has 3 heterocycles. The predicted molar refractivity (Wildman–Crippen MR) is 89.8 cm³/mol. The molecule has 1 amide bonds. The third kappa shape index (κ3) is 3.57. The molecule has 3 aromatic rings. The van der Waals surface area contributed by atoms with Crippen molar-refractivity contribution in [1.29, 1.82) is 0 Å². The van der Waals surface area contributed by atoms with Gasteiger partial charge in [0.2, 0.25) is 5.89 Å². The SMILES string of the molecule is O=C(NCc1ccc2ccoc2c1)c1coc(CN2CC[C@H](O)C2)n1. The van der Waals surface area contributed by atoms with Crippen LogP contribution in [0.4, 0.5) is 0 Å². The third-order valence-electron chi connectivity index (χ3n) is 4.36. The van der Waals surface area contributed by atoms with E-state index in [4.69, 9.17) is 8.83 Å². The Balaban J connectivity index is 1.34. The summed E-state index contributed by atoms with van der Waals surface area (Å²) in [6.07, 6.45) is 3.48. The average molecular weight is 341 g/mol. The summed E-state index contributed by atoms with van der Waals surface area (Å²) in [5.41, 5.74) is 2.00. The summed E-state index contributed by atoms with van der Waals surface area (Å²) < 4.78 is 10.7. The molecule has 130 valence electrons. The van der Waals surface area contributed by atoms with Crippen molar-refractivity contribution in [2.24, 2.45) is 0 Å². The zero-order valence-corrected chi connectivity index (χ0v) is 13.6. The second-order valence-electron chi connectivity index (χ2n) is 6.28. The van der Waals surface area contributed by atoms with E-state index in [1.807, 2.05) is 24.3 Å². The van der Waals surface area contributed by atoms with Crippen LogP contribution in [0.3, 0.4) is 0 Å². The maximum atomic E-state index is 12.2. The molecule has 1 aliphatic rings. The fourth-order valence-electron chi connectivity index (χ4n) is 3.02. The minimum absolute atomic E-state index is 0.258. The molecule has 1 aliphatic heterocycles. The Labute approximate surface area is 144 Å². The number of oxazole rings is 1. The Kier molecular flexibility index (Phi) is 4.25. The number of aliphatic hydroxyl groups excluding tert-OH is 1. The Morgan fingerprint density at radius 1 is 1.36 bits per heavy atom. The lowest BCUT2D eigenvalue weighted by Crippen LogP contribution is -2.24. The molecule has 1 atom stereocenters. The number of likely N-dealkylation sites (tertiary alicyclic amines) is 1. The van der Waals surface area contributed by atoms with Crippen LogP contribution >= 0.6 is 0 Å². The third-order valence-corrected chi connectivity index (χ3v) is 4.36. The first-order chi connectivity index (χ1) is 12.2. The largest absolute Gasteiger partial charge is 0.464 e. The van der Waals surface area contributed by atoms with Crippen molar-refractivity contribution in [3.63, 3.8) is 0 Å². The van der Waals surface area contributed by atoms with Gasteiger partial charge in [-0.3, -0.25) is 9.69 Å². The summed E-state index contributed by atoms with van der Waals surface area (Å²) in [5, 5.41) is 13.4. The highest BCUT2D eigenvalue weighted by molar-refractivity contribution is 5.91. The van der Waals surface area contributed by atoms with Gasteiger partial charge in [0.1, 0.15) is 11.8 Å². The molecule has 0 radical (unpaired) electrons. The first kappa shape index (κ1) is 15.9. The number of hydrogen-bond donors (Lipinski definition) is 2. The van der Waals surface area contributed by atoms with E-state index < -0.39 is 0 Å². The van der Waals surface area contributed by atoms with Crippen LogP contribution in [0.2, 0.25) is 0 Å². The number of nitrogens with zero attached hydrogens (tertiary/aromatic N) is 2. The molecule has 1 aromatic carbocycles. The number of furan rings is 1. The fourth-order valence-corrected chi connectivity index (χ4v) is 3.02. The van der Waals surface area contributed by atoms with Crippen LogP contribution < -0.4 is 5.32 Å². The highest BCUT2D eigenvalue weighted by Crippen LogP contribution is 2.17. The van der Waals surface area contributed by atoms with Crippen molar-refractivity contribution >= 4 is 16.9 Å². The molecule has 7 nitrogen and oxygen atoms in total. The van der Waals surface area contributed by atoms with Crippen molar-refractivity contribution in [3.8, 4) is 0 Å². The van der Waals surface area contributed by atoms with E-state index in [2.05, 4.69) is 15.2 Å². The molecule has 0 bridgehead atoms. The lowest BCUT2D eigenvalue weighted by molar-refractivity contribution is 0.0945. The van der Waals surface area contributed by atoms with Crippen LogP contribution in [0.1, 0.15) is 28.4 Å². The van der Waals surface area contributed by atoms with Crippen LogP contribution in [0.5, 0.6) is 0 Å². The summed E-state index contributed by atoms with van der Waals surface area (Å²) in [6.45, 7) is 2.30. The average Bonchev–Trinajstić information content (AvgIpc) is 3.33. The number of amides is 1. The minimum Gasteiger partial charge on any atom is -0.464 e. The van der Waals surface area contributed by atoms with Gasteiger partial charge in [-0.05, 0) is 24.1 Å². The highest BCUT2D eigenvalue weighted by Gasteiger charge is 2.22. The first-order valence-corrected chi connectivity index (χ1v) is 8.26. The Morgan fingerprint density at radius 2 is 2.28 bits per heavy atom. The number of fused-ring (bicyclic) bond motifs is 1. The lowest BCUT2D eigenvalue weighted by atomic mass is 10.2. The second kappa shape index (κ2) is 6.70. The van der Waals surface area contributed by atoms with Crippen molar-refractivity contribution in [2.45, 2.75) is 25.6 Å². The van der Waals surface area contributed by atoms with E-state index >= 15 is 0 Å². The van der Waals surface area contributed by atoms with E-state index in [1.165, 1.54) is 6.26 Å². The molecule has 4 rings (SSSR count). The van der Waals surface area contributed by atoms with Gasteiger partial charge in [0.15, 0.2) is 5.69 Å². The van der Waals surface area contributed by atoms with Crippen molar-refractivity contribution in [1.82, 2.24) is 15.2 Å². The van der Waals surface area contributed by atoms with Gasteiger partial charge in [-0.15, -0.1) is 0 Å². The molecule has 1 saturated heterocycles. The van der Waals surface area contributed by atoms with Crippen LogP contribution in [0.15, 0.2) is 45.6 Å². The molecule has 0 aliphatic carbocycles. The van der Waals surface area contributed by atoms with Gasteiger partial charge in [-0.1, -0.05) is 12.1 Å². The van der Waals surface area contributed by atoms with E-state index in [-0.39, 0.29) is 17.7 Å². The number of hydrogen-bond acceptors (Lipinski definition) is 6. The minimum atomic E-state index is -0.288. The lowest BCUT2D eigenvalue weighted by Gasteiger charge is -2.11. The second-order valence-corrected chi connectivity index (χ2v) is 6.28. The highest BCUT2D eigenvalue weighted by atomic mass is 16.3. The molecule has 0 saturated carbocycles. The molecule has 0 unspecified atom stereocenters. The van der Waals surface area contributed by atoms with Gasteiger partial charge in [-0.25, -0.2) is 4.98 Å². The van der Waals surface area contributed by atoms with Crippen molar-refractivity contribution in [2.75, 3.05) is 13.1 Å². The van der Waals surface area contributed by atoms with Gasteiger partial charge in [0.25, 0.3) is 5.91 Å². The number of aromatic nitrogens is 1. The monoisotopic (exact) mass is 341 g/mol. The van der Waals surface area contributed by atoms with Gasteiger partial charge in [0.05, 0.1) is 18.9 Å².